The Morgan fingerprint density at radius 1 is 1.04 bits per heavy atom. The van der Waals surface area contributed by atoms with Gasteiger partial charge < -0.3 is 24.8 Å². The van der Waals surface area contributed by atoms with Crippen LogP contribution in [0.4, 0.5) is 4.79 Å². The summed E-state index contributed by atoms with van der Waals surface area (Å²) in [6, 6.07) is 14.8. The van der Waals surface area contributed by atoms with Crippen LogP contribution in [-0.4, -0.2) is 42.9 Å². The van der Waals surface area contributed by atoms with E-state index in [1.54, 1.807) is 19.1 Å². The molecular formula is C22H30N2O4. The monoisotopic (exact) mass is 386 g/mol. The lowest BCUT2D eigenvalue weighted by Gasteiger charge is -2.33. The van der Waals surface area contributed by atoms with Crippen molar-refractivity contribution in [2.45, 2.75) is 33.0 Å². The van der Waals surface area contributed by atoms with Crippen LogP contribution < -0.4 is 14.8 Å². The average Bonchev–Trinajstić information content (AvgIpc) is 2.72. The van der Waals surface area contributed by atoms with Crippen LogP contribution in [-0.2, 0) is 13.1 Å². The van der Waals surface area contributed by atoms with E-state index < -0.39 is 0 Å². The number of hydrogen-bond acceptors (Lipinski definition) is 4. The van der Waals surface area contributed by atoms with Crippen molar-refractivity contribution < 1.29 is 19.4 Å². The smallest absolute Gasteiger partial charge is 0.318 e. The van der Waals surface area contributed by atoms with Gasteiger partial charge in [-0.05, 0) is 29.2 Å². The van der Waals surface area contributed by atoms with Crippen LogP contribution in [0.5, 0.6) is 11.5 Å². The van der Waals surface area contributed by atoms with Gasteiger partial charge in [-0.25, -0.2) is 4.79 Å². The van der Waals surface area contributed by atoms with Gasteiger partial charge in [0.15, 0.2) is 11.5 Å². The number of carbonyl (C=O) groups is 1. The second-order valence-electron chi connectivity index (χ2n) is 6.96. The standard InChI is InChI=1S/C22H30N2O4/c1-16(2)19(15-25)24(14-17-8-6-5-7-9-17)22(26)23-13-18-10-11-20(27-3)21(12-18)28-4/h5-12,16,19,25H,13-15H2,1-4H3,(H,23,26)/t19-/m0/s1. The van der Waals surface area contributed by atoms with Crippen LogP contribution in [0.25, 0.3) is 0 Å². The maximum atomic E-state index is 13.0. The fourth-order valence-electron chi connectivity index (χ4n) is 3.06. The number of ether oxygens (including phenoxy) is 2. The molecule has 0 aliphatic carbocycles. The normalized spacial score (nSPS) is 11.8. The summed E-state index contributed by atoms with van der Waals surface area (Å²) in [5.41, 5.74) is 1.92. The molecule has 0 heterocycles. The minimum Gasteiger partial charge on any atom is -0.493 e. The molecule has 0 unspecified atom stereocenters. The van der Waals surface area contributed by atoms with Gasteiger partial charge in [-0.3, -0.25) is 0 Å². The van der Waals surface area contributed by atoms with Crippen molar-refractivity contribution >= 4 is 6.03 Å². The highest BCUT2D eigenvalue weighted by atomic mass is 16.5. The Hall–Kier alpha value is -2.73. The molecule has 6 nitrogen and oxygen atoms in total. The van der Waals surface area contributed by atoms with Crippen LogP contribution in [0.1, 0.15) is 25.0 Å². The van der Waals surface area contributed by atoms with Crippen molar-refractivity contribution in [1.82, 2.24) is 10.2 Å². The fraction of sp³-hybridized carbons (Fsp3) is 0.409. The Balaban J connectivity index is 2.13. The lowest BCUT2D eigenvalue weighted by molar-refractivity contribution is 0.103. The Morgan fingerprint density at radius 2 is 1.71 bits per heavy atom. The molecule has 0 saturated heterocycles. The van der Waals surface area contributed by atoms with Crippen LogP contribution >= 0.6 is 0 Å². The molecule has 0 spiro atoms. The Morgan fingerprint density at radius 3 is 2.29 bits per heavy atom. The summed E-state index contributed by atoms with van der Waals surface area (Å²) in [5, 5.41) is 12.8. The number of carbonyl (C=O) groups excluding carboxylic acids is 1. The summed E-state index contributed by atoms with van der Waals surface area (Å²) < 4.78 is 10.6. The van der Waals surface area contributed by atoms with Gasteiger partial charge in [-0.15, -0.1) is 0 Å². The van der Waals surface area contributed by atoms with Gasteiger partial charge in [-0.1, -0.05) is 50.2 Å². The van der Waals surface area contributed by atoms with E-state index >= 15 is 0 Å². The topological polar surface area (TPSA) is 71.0 Å². The van der Waals surface area contributed by atoms with Crippen molar-refractivity contribution in [2.24, 2.45) is 5.92 Å². The third kappa shape index (κ3) is 5.63. The molecule has 1 atom stereocenters. The Labute approximate surface area is 167 Å². The number of aliphatic hydroxyl groups is 1. The maximum absolute atomic E-state index is 13.0. The van der Waals surface area contributed by atoms with Crippen molar-refractivity contribution in [3.63, 3.8) is 0 Å². The minimum absolute atomic E-state index is 0.0890. The molecule has 2 aromatic rings. The highest BCUT2D eigenvalue weighted by Gasteiger charge is 2.26. The number of methoxy groups -OCH3 is 2. The van der Waals surface area contributed by atoms with Gasteiger partial charge in [0, 0.05) is 13.1 Å². The SMILES string of the molecule is COc1ccc(CNC(=O)N(Cc2ccccc2)[C@@H](CO)C(C)C)cc1OC. The van der Waals surface area contributed by atoms with E-state index in [0.717, 1.165) is 11.1 Å². The van der Waals surface area contributed by atoms with E-state index in [9.17, 15) is 9.90 Å². The summed E-state index contributed by atoms with van der Waals surface area (Å²) in [4.78, 5) is 14.6. The predicted octanol–water partition coefficient (Wildman–Crippen LogP) is 3.43. The van der Waals surface area contributed by atoms with E-state index in [4.69, 9.17) is 9.47 Å². The predicted molar refractivity (Wildman–Crippen MR) is 109 cm³/mol. The van der Waals surface area contributed by atoms with Crippen LogP contribution in [0.3, 0.4) is 0 Å². The highest BCUT2D eigenvalue weighted by molar-refractivity contribution is 5.74. The molecule has 0 aromatic heterocycles. The van der Waals surface area contributed by atoms with Gasteiger partial charge in [-0.2, -0.15) is 0 Å². The highest BCUT2D eigenvalue weighted by Crippen LogP contribution is 2.27. The molecule has 2 amide bonds. The van der Waals surface area contributed by atoms with Gasteiger partial charge in [0.05, 0.1) is 26.9 Å². The molecule has 0 aliphatic rings. The molecule has 152 valence electrons. The van der Waals surface area contributed by atoms with Crippen molar-refractivity contribution in [3.8, 4) is 11.5 Å². The lowest BCUT2D eigenvalue weighted by Crippen LogP contribution is -2.49. The first-order valence-electron chi connectivity index (χ1n) is 9.40. The molecule has 0 radical (unpaired) electrons. The van der Waals surface area contributed by atoms with Crippen molar-refractivity contribution in [3.05, 3.63) is 59.7 Å². The van der Waals surface area contributed by atoms with Gasteiger partial charge in [0.1, 0.15) is 0 Å². The number of hydrogen-bond donors (Lipinski definition) is 2. The number of amides is 2. The largest absolute Gasteiger partial charge is 0.493 e. The number of nitrogens with one attached hydrogen (secondary N) is 1. The summed E-state index contributed by atoms with van der Waals surface area (Å²) in [5.74, 6) is 1.38. The zero-order valence-electron chi connectivity index (χ0n) is 17.0. The van der Waals surface area contributed by atoms with Crippen LogP contribution in [0.15, 0.2) is 48.5 Å². The number of aliphatic hydroxyl groups excluding tert-OH is 1. The third-order valence-corrected chi connectivity index (χ3v) is 4.71. The molecule has 2 rings (SSSR count). The third-order valence-electron chi connectivity index (χ3n) is 4.71. The molecule has 0 fully saturated rings. The molecule has 2 aromatic carbocycles. The Kier molecular flexibility index (Phi) is 8.14. The summed E-state index contributed by atoms with van der Waals surface area (Å²) in [6.07, 6.45) is 0. The number of rotatable bonds is 9. The zero-order valence-corrected chi connectivity index (χ0v) is 17.0. The molecule has 0 bridgehead atoms. The first-order valence-corrected chi connectivity index (χ1v) is 9.40. The van der Waals surface area contributed by atoms with Crippen molar-refractivity contribution in [1.29, 1.82) is 0 Å². The van der Waals surface area contributed by atoms with E-state index in [1.807, 2.05) is 62.4 Å². The van der Waals surface area contributed by atoms with Gasteiger partial charge in [0.25, 0.3) is 0 Å². The average molecular weight is 386 g/mol. The van der Waals surface area contributed by atoms with E-state index in [1.165, 1.54) is 0 Å². The molecule has 0 aliphatic heterocycles. The van der Waals surface area contributed by atoms with Gasteiger partial charge in [0.2, 0.25) is 0 Å². The minimum atomic E-state index is -0.273. The Bertz CT molecular complexity index is 749. The molecule has 28 heavy (non-hydrogen) atoms. The second kappa shape index (κ2) is 10.6. The maximum Gasteiger partial charge on any atom is 0.318 e. The van der Waals surface area contributed by atoms with E-state index in [-0.39, 0.29) is 24.6 Å². The summed E-state index contributed by atoms with van der Waals surface area (Å²) in [7, 11) is 3.16. The lowest BCUT2D eigenvalue weighted by atomic mass is 10.0. The van der Waals surface area contributed by atoms with Crippen molar-refractivity contribution in [2.75, 3.05) is 20.8 Å². The van der Waals surface area contributed by atoms with E-state index in [0.29, 0.717) is 24.6 Å². The summed E-state index contributed by atoms with van der Waals surface area (Å²) >= 11 is 0. The zero-order chi connectivity index (χ0) is 20.5. The number of urea groups is 1. The fourth-order valence-corrected chi connectivity index (χ4v) is 3.06. The van der Waals surface area contributed by atoms with Crippen LogP contribution in [0.2, 0.25) is 0 Å². The van der Waals surface area contributed by atoms with E-state index in [2.05, 4.69) is 5.32 Å². The molecule has 2 N–H and O–H groups in total. The van der Waals surface area contributed by atoms with Gasteiger partial charge >= 0.3 is 6.03 Å². The first kappa shape index (κ1) is 21.6. The summed E-state index contributed by atoms with van der Waals surface area (Å²) in [6.45, 7) is 4.69. The quantitative estimate of drug-likeness (QED) is 0.693. The molecular weight excluding hydrogens is 356 g/mol. The number of nitrogens with zero attached hydrogens (tertiary/aromatic N) is 1. The first-order chi connectivity index (χ1) is 13.5. The van der Waals surface area contributed by atoms with Crippen LogP contribution in [0, 0.1) is 5.92 Å². The molecule has 0 saturated carbocycles. The second-order valence-corrected chi connectivity index (χ2v) is 6.96. The molecule has 6 heteroatoms. The number of benzene rings is 2.